The minimum Gasteiger partial charge on any atom is -0.349 e. The average Bonchev–Trinajstić information content (AvgIpc) is 3.01. The maximum Gasteiger partial charge on any atom is 0.220 e. The van der Waals surface area contributed by atoms with Crippen LogP contribution >= 0.6 is 11.3 Å². The molecule has 1 aromatic rings. The second-order valence-electron chi connectivity index (χ2n) is 5.17. The first-order valence-electron chi connectivity index (χ1n) is 6.78. The molecule has 2 rings (SSSR count). The van der Waals surface area contributed by atoms with Crippen LogP contribution in [0.1, 0.15) is 43.4 Å². The normalized spacial score (nSPS) is 17.8. The van der Waals surface area contributed by atoms with Crippen LogP contribution in [0.25, 0.3) is 0 Å². The Morgan fingerprint density at radius 2 is 2.22 bits per heavy atom. The van der Waals surface area contributed by atoms with Crippen molar-refractivity contribution in [3.05, 3.63) is 22.4 Å². The van der Waals surface area contributed by atoms with Gasteiger partial charge in [0.1, 0.15) is 0 Å². The summed E-state index contributed by atoms with van der Waals surface area (Å²) in [6, 6.07) is 4.18. The first kappa shape index (κ1) is 13.6. The van der Waals surface area contributed by atoms with E-state index in [0.717, 1.165) is 25.7 Å². The average molecular weight is 266 g/mol. The molecular weight excluding hydrogens is 244 g/mol. The Labute approximate surface area is 113 Å². The number of carbonyl (C=O) groups excluding carboxylic acids is 1. The highest BCUT2D eigenvalue weighted by Crippen LogP contribution is 2.28. The number of thiophene rings is 1. The molecule has 0 bridgehead atoms. The van der Waals surface area contributed by atoms with Crippen molar-refractivity contribution in [3.8, 4) is 0 Å². The molecule has 0 aromatic carbocycles. The van der Waals surface area contributed by atoms with Crippen molar-refractivity contribution in [1.29, 1.82) is 0 Å². The van der Waals surface area contributed by atoms with E-state index >= 15 is 0 Å². The van der Waals surface area contributed by atoms with Gasteiger partial charge >= 0.3 is 0 Å². The molecule has 1 aliphatic carbocycles. The monoisotopic (exact) mass is 266 g/mol. The van der Waals surface area contributed by atoms with Gasteiger partial charge in [0.05, 0.1) is 5.54 Å². The number of aryl methyl sites for hydroxylation is 1. The van der Waals surface area contributed by atoms with Gasteiger partial charge in [-0.1, -0.05) is 18.9 Å². The molecule has 18 heavy (non-hydrogen) atoms. The molecule has 0 spiro atoms. The van der Waals surface area contributed by atoms with Gasteiger partial charge in [-0.2, -0.15) is 0 Å². The van der Waals surface area contributed by atoms with Gasteiger partial charge in [-0.15, -0.1) is 11.3 Å². The third-order valence-corrected chi connectivity index (χ3v) is 4.70. The number of nitrogens with one attached hydrogen (secondary N) is 1. The first-order valence-corrected chi connectivity index (χ1v) is 7.65. The summed E-state index contributed by atoms with van der Waals surface area (Å²) in [4.78, 5) is 13.3. The van der Waals surface area contributed by atoms with Crippen LogP contribution in [0.2, 0.25) is 0 Å². The lowest BCUT2D eigenvalue weighted by atomic mass is 9.97. The van der Waals surface area contributed by atoms with E-state index in [0.29, 0.717) is 13.0 Å². The molecule has 1 heterocycles. The summed E-state index contributed by atoms with van der Waals surface area (Å²) < 4.78 is 0. The van der Waals surface area contributed by atoms with E-state index in [4.69, 9.17) is 5.73 Å². The lowest BCUT2D eigenvalue weighted by molar-refractivity contribution is -0.123. The molecule has 100 valence electrons. The SMILES string of the molecule is NCC1(NC(=O)CCCc2cccs2)CCCC1. The van der Waals surface area contributed by atoms with Gasteiger partial charge in [0.15, 0.2) is 0 Å². The number of hydrogen-bond donors (Lipinski definition) is 2. The largest absolute Gasteiger partial charge is 0.349 e. The minimum atomic E-state index is -0.0972. The number of nitrogens with two attached hydrogens (primary N) is 1. The van der Waals surface area contributed by atoms with Gasteiger partial charge in [-0.3, -0.25) is 4.79 Å². The molecule has 0 atom stereocenters. The molecule has 1 aromatic heterocycles. The van der Waals surface area contributed by atoms with Crippen molar-refractivity contribution < 1.29 is 4.79 Å². The van der Waals surface area contributed by atoms with E-state index in [1.54, 1.807) is 11.3 Å². The smallest absolute Gasteiger partial charge is 0.220 e. The van der Waals surface area contributed by atoms with E-state index in [1.807, 2.05) is 0 Å². The Morgan fingerprint density at radius 3 is 2.83 bits per heavy atom. The van der Waals surface area contributed by atoms with Crippen molar-refractivity contribution in [3.63, 3.8) is 0 Å². The predicted molar refractivity (Wildman–Crippen MR) is 75.7 cm³/mol. The summed E-state index contributed by atoms with van der Waals surface area (Å²) in [6.07, 6.45) is 6.99. The van der Waals surface area contributed by atoms with E-state index in [9.17, 15) is 4.79 Å². The Hall–Kier alpha value is -0.870. The van der Waals surface area contributed by atoms with Gasteiger partial charge in [0.25, 0.3) is 0 Å². The van der Waals surface area contributed by atoms with Crippen molar-refractivity contribution in [2.24, 2.45) is 5.73 Å². The Balaban J connectivity index is 1.71. The topological polar surface area (TPSA) is 55.1 Å². The van der Waals surface area contributed by atoms with E-state index in [1.165, 1.54) is 17.7 Å². The lowest BCUT2D eigenvalue weighted by Gasteiger charge is -2.28. The zero-order valence-electron chi connectivity index (χ0n) is 10.8. The molecule has 0 aliphatic heterocycles. The summed E-state index contributed by atoms with van der Waals surface area (Å²) in [5.41, 5.74) is 5.71. The van der Waals surface area contributed by atoms with Crippen molar-refractivity contribution in [2.75, 3.05) is 6.54 Å². The Bertz CT molecular complexity index is 369. The van der Waals surface area contributed by atoms with Gasteiger partial charge < -0.3 is 11.1 Å². The van der Waals surface area contributed by atoms with Crippen LogP contribution in [0, 0.1) is 0 Å². The lowest BCUT2D eigenvalue weighted by Crippen LogP contribution is -2.51. The van der Waals surface area contributed by atoms with Gasteiger partial charge in [0, 0.05) is 17.8 Å². The zero-order valence-corrected chi connectivity index (χ0v) is 11.6. The highest BCUT2D eigenvalue weighted by Gasteiger charge is 2.33. The van der Waals surface area contributed by atoms with Gasteiger partial charge in [-0.05, 0) is 37.1 Å². The van der Waals surface area contributed by atoms with Crippen LogP contribution in [-0.2, 0) is 11.2 Å². The highest BCUT2D eigenvalue weighted by molar-refractivity contribution is 7.09. The summed E-state index contributed by atoms with van der Waals surface area (Å²) in [5.74, 6) is 0.166. The third-order valence-electron chi connectivity index (χ3n) is 3.76. The highest BCUT2D eigenvalue weighted by atomic mass is 32.1. The van der Waals surface area contributed by atoms with Crippen molar-refractivity contribution in [2.45, 2.75) is 50.5 Å². The van der Waals surface area contributed by atoms with Crippen molar-refractivity contribution >= 4 is 17.2 Å². The molecular formula is C14H22N2OS. The summed E-state index contributed by atoms with van der Waals surface area (Å²) in [5, 5.41) is 5.24. The molecule has 0 saturated heterocycles. The second-order valence-corrected chi connectivity index (χ2v) is 6.20. The predicted octanol–water partition coefficient (Wildman–Crippen LogP) is 2.46. The molecule has 4 heteroatoms. The molecule has 3 nitrogen and oxygen atoms in total. The fourth-order valence-electron chi connectivity index (χ4n) is 2.67. The number of carbonyl (C=O) groups is 1. The molecule has 3 N–H and O–H groups in total. The zero-order chi connectivity index (χ0) is 12.8. The minimum absolute atomic E-state index is 0.0972. The van der Waals surface area contributed by atoms with E-state index in [-0.39, 0.29) is 11.4 Å². The maximum atomic E-state index is 11.9. The number of hydrogen-bond acceptors (Lipinski definition) is 3. The first-order chi connectivity index (χ1) is 8.74. The van der Waals surface area contributed by atoms with Gasteiger partial charge in [-0.25, -0.2) is 0 Å². The van der Waals surface area contributed by atoms with Crippen LogP contribution in [0.15, 0.2) is 17.5 Å². The van der Waals surface area contributed by atoms with Crippen molar-refractivity contribution in [1.82, 2.24) is 5.32 Å². The quantitative estimate of drug-likeness (QED) is 0.831. The number of rotatable bonds is 6. The fourth-order valence-corrected chi connectivity index (χ4v) is 3.42. The summed E-state index contributed by atoms with van der Waals surface area (Å²) in [7, 11) is 0. The maximum absolute atomic E-state index is 11.9. The van der Waals surface area contributed by atoms with Crippen LogP contribution in [0.3, 0.4) is 0 Å². The van der Waals surface area contributed by atoms with Crippen LogP contribution in [0.4, 0.5) is 0 Å². The Morgan fingerprint density at radius 1 is 1.44 bits per heavy atom. The van der Waals surface area contributed by atoms with E-state index < -0.39 is 0 Å². The molecule has 1 amide bonds. The second kappa shape index (κ2) is 6.34. The summed E-state index contributed by atoms with van der Waals surface area (Å²) in [6.45, 7) is 0.573. The third kappa shape index (κ3) is 3.56. The van der Waals surface area contributed by atoms with Crippen LogP contribution < -0.4 is 11.1 Å². The molecule has 1 aliphatic rings. The molecule has 1 fully saturated rings. The molecule has 0 unspecified atom stereocenters. The van der Waals surface area contributed by atoms with Gasteiger partial charge in [0.2, 0.25) is 5.91 Å². The summed E-state index contributed by atoms with van der Waals surface area (Å²) >= 11 is 1.76. The fraction of sp³-hybridized carbons (Fsp3) is 0.643. The number of amides is 1. The standard InChI is InChI=1S/C14H22N2OS/c15-11-14(8-1-2-9-14)16-13(17)7-3-5-12-6-4-10-18-12/h4,6,10H,1-3,5,7-9,11,15H2,(H,16,17). The Kier molecular flexibility index (Phi) is 4.78. The van der Waals surface area contributed by atoms with E-state index in [2.05, 4.69) is 22.8 Å². The van der Waals surface area contributed by atoms with Crippen LogP contribution in [0.5, 0.6) is 0 Å². The van der Waals surface area contributed by atoms with Crippen LogP contribution in [-0.4, -0.2) is 18.0 Å². The molecule has 1 saturated carbocycles. The molecule has 0 radical (unpaired) electrons.